The van der Waals surface area contributed by atoms with Crippen LogP contribution in [0.2, 0.25) is 0 Å². The molecule has 2 aliphatic heterocycles. The first-order valence-corrected chi connectivity index (χ1v) is 7.08. The largest absolute Gasteiger partial charge is 0.354 e. The first-order valence-electron chi connectivity index (χ1n) is 7.08. The van der Waals surface area contributed by atoms with Gasteiger partial charge >= 0.3 is 0 Å². The molecule has 3 aliphatic rings. The van der Waals surface area contributed by atoms with Gasteiger partial charge in [0.05, 0.1) is 5.69 Å². The van der Waals surface area contributed by atoms with Crippen molar-refractivity contribution < 1.29 is 0 Å². The zero-order chi connectivity index (χ0) is 12.1. The first kappa shape index (κ1) is 10.7. The van der Waals surface area contributed by atoms with Gasteiger partial charge in [0.1, 0.15) is 0 Å². The molecule has 1 aromatic heterocycles. The number of nitrogens with zero attached hydrogens (tertiary/aromatic N) is 4. The van der Waals surface area contributed by atoms with E-state index in [1.165, 1.54) is 50.3 Å². The predicted octanol–water partition coefficient (Wildman–Crippen LogP) is 0.963. The maximum absolute atomic E-state index is 4.44. The number of fused-ring (bicyclic) bond motifs is 2. The van der Waals surface area contributed by atoms with Crippen LogP contribution < -0.4 is 4.90 Å². The number of rotatable bonds is 1. The van der Waals surface area contributed by atoms with Crippen molar-refractivity contribution in [3.05, 3.63) is 17.3 Å². The highest BCUT2D eigenvalue weighted by Crippen LogP contribution is 2.33. The van der Waals surface area contributed by atoms with E-state index in [-0.39, 0.29) is 0 Å². The van der Waals surface area contributed by atoms with Crippen molar-refractivity contribution in [1.29, 1.82) is 0 Å². The van der Waals surface area contributed by atoms with Crippen LogP contribution in [0.1, 0.15) is 17.7 Å². The summed E-state index contributed by atoms with van der Waals surface area (Å²) in [5.41, 5.74) is 2.67. The van der Waals surface area contributed by atoms with E-state index in [4.69, 9.17) is 0 Å². The zero-order valence-corrected chi connectivity index (χ0v) is 11.0. The van der Waals surface area contributed by atoms with Crippen molar-refractivity contribution in [3.63, 3.8) is 0 Å². The Hall–Kier alpha value is -1.16. The van der Waals surface area contributed by atoms with Crippen molar-refractivity contribution in [1.82, 2.24) is 15.1 Å². The van der Waals surface area contributed by atoms with Crippen molar-refractivity contribution >= 4 is 5.82 Å². The average molecular weight is 244 g/mol. The van der Waals surface area contributed by atoms with Crippen LogP contribution in [0.5, 0.6) is 0 Å². The van der Waals surface area contributed by atoms with Gasteiger partial charge in [0, 0.05) is 26.2 Å². The number of likely N-dealkylation sites (tertiary alicyclic amines) is 1. The van der Waals surface area contributed by atoms with Crippen molar-refractivity contribution in [3.8, 4) is 0 Å². The molecule has 0 amide bonds. The van der Waals surface area contributed by atoms with Gasteiger partial charge in [0.25, 0.3) is 0 Å². The molecule has 0 spiro atoms. The highest BCUT2D eigenvalue weighted by atomic mass is 15.3. The fraction of sp³-hybridized carbons (Fsp3) is 0.714. The van der Waals surface area contributed by atoms with Gasteiger partial charge in [-0.1, -0.05) is 0 Å². The topological polar surface area (TPSA) is 32.3 Å². The fourth-order valence-corrected chi connectivity index (χ4v) is 3.89. The number of aromatic nitrogens is 2. The maximum atomic E-state index is 4.44. The van der Waals surface area contributed by atoms with Crippen LogP contribution in [0.25, 0.3) is 0 Å². The van der Waals surface area contributed by atoms with E-state index in [9.17, 15) is 0 Å². The quantitative estimate of drug-likeness (QED) is 0.736. The minimum absolute atomic E-state index is 0.838. The van der Waals surface area contributed by atoms with Crippen LogP contribution in [-0.2, 0) is 12.8 Å². The Morgan fingerprint density at radius 3 is 2.61 bits per heavy atom. The van der Waals surface area contributed by atoms with E-state index in [1.54, 1.807) is 0 Å². The van der Waals surface area contributed by atoms with E-state index >= 15 is 0 Å². The highest BCUT2D eigenvalue weighted by Gasteiger charge is 2.39. The van der Waals surface area contributed by atoms with E-state index < -0.39 is 0 Å². The predicted molar refractivity (Wildman–Crippen MR) is 70.7 cm³/mol. The lowest BCUT2D eigenvalue weighted by Gasteiger charge is -2.20. The lowest BCUT2D eigenvalue weighted by molar-refractivity contribution is 0.386. The molecular weight excluding hydrogens is 224 g/mol. The second kappa shape index (κ2) is 3.92. The third-order valence-electron chi connectivity index (χ3n) is 4.80. The Labute approximate surface area is 108 Å². The van der Waals surface area contributed by atoms with Crippen molar-refractivity contribution in [2.45, 2.75) is 19.3 Å². The molecule has 18 heavy (non-hydrogen) atoms. The lowest BCUT2D eigenvalue weighted by Crippen LogP contribution is -2.27. The van der Waals surface area contributed by atoms with E-state index in [1.807, 2.05) is 0 Å². The van der Waals surface area contributed by atoms with Gasteiger partial charge in [-0.3, -0.25) is 0 Å². The Bertz CT molecular complexity index is 459. The normalized spacial score (nSPS) is 30.8. The van der Waals surface area contributed by atoms with Crippen LogP contribution in [0.3, 0.4) is 0 Å². The first-order chi connectivity index (χ1) is 8.79. The molecule has 2 atom stereocenters. The van der Waals surface area contributed by atoms with E-state index in [0.29, 0.717) is 0 Å². The third-order valence-corrected chi connectivity index (χ3v) is 4.80. The van der Waals surface area contributed by atoms with Crippen LogP contribution in [0, 0.1) is 11.8 Å². The molecular formula is C14H20N4. The van der Waals surface area contributed by atoms with Gasteiger partial charge in [0.2, 0.25) is 0 Å². The van der Waals surface area contributed by atoms with Crippen LogP contribution in [0.15, 0.2) is 6.07 Å². The molecule has 0 N–H and O–H groups in total. The molecule has 4 rings (SSSR count). The molecule has 2 unspecified atom stereocenters. The van der Waals surface area contributed by atoms with Gasteiger partial charge < -0.3 is 9.80 Å². The summed E-state index contributed by atoms with van der Waals surface area (Å²) in [5, 5.41) is 8.85. The SMILES string of the molecule is CN1CC2CN(c3cc4c(nn3)CCC4)CC2C1. The summed E-state index contributed by atoms with van der Waals surface area (Å²) in [7, 11) is 2.23. The number of hydrogen-bond acceptors (Lipinski definition) is 4. The molecule has 2 fully saturated rings. The summed E-state index contributed by atoms with van der Waals surface area (Å²) < 4.78 is 0. The molecule has 1 aromatic rings. The second-order valence-corrected chi connectivity index (χ2v) is 6.17. The molecule has 1 aliphatic carbocycles. The Balaban J connectivity index is 1.55. The molecule has 0 saturated carbocycles. The monoisotopic (exact) mass is 244 g/mol. The van der Waals surface area contributed by atoms with Crippen molar-refractivity contribution in [2.24, 2.45) is 11.8 Å². The third kappa shape index (κ3) is 1.62. The standard InChI is InChI=1S/C14H20N4/c1-17-6-11-8-18(9-12(11)7-17)14-5-10-3-2-4-13(10)15-16-14/h5,11-12H,2-4,6-9H2,1H3. The minimum atomic E-state index is 0.838. The molecule has 4 heteroatoms. The van der Waals surface area contributed by atoms with Gasteiger partial charge in [-0.05, 0) is 49.8 Å². The van der Waals surface area contributed by atoms with Crippen LogP contribution >= 0.6 is 0 Å². The molecule has 0 aromatic carbocycles. The smallest absolute Gasteiger partial charge is 0.151 e. The second-order valence-electron chi connectivity index (χ2n) is 6.17. The van der Waals surface area contributed by atoms with Crippen LogP contribution in [0.4, 0.5) is 5.82 Å². The van der Waals surface area contributed by atoms with E-state index in [0.717, 1.165) is 24.1 Å². The number of aryl methyl sites for hydroxylation is 2. The summed E-state index contributed by atoms with van der Waals surface area (Å²) in [4.78, 5) is 4.91. The molecule has 3 heterocycles. The Morgan fingerprint density at radius 2 is 1.83 bits per heavy atom. The van der Waals surface area contributed by atoms with Crippen LogP contribution in [-0.4, -0.2) is 48.3 Å². The number of anilines is 1. The zero-order valence-electron chi connectivity index (χ0n) is 11.0. The molecule has 0 bridgehead atoms. The van der Waals surface area contributed by atoms with Gasteiger partial charge in [-0.15, -0.1) is 5.10 Å². The summed E-state index contributed by atoms with van der Waals surface area (Å²) in [6, 6.07) is 2.29. The molecule has 0 radical (unpaired) electrons. The number of hydrogen-bond donors (Lipinski definition) is 0. The van der Waals surface area contributed by atoms with E-state index in [2.05, 4.69) is 33.1 Å². The summed E-state index contributed by atoms with van der Waals surface area (Å²) >= 11 is 0. The lowest BCUT2D eigenvalue weighted by atomic mass is 10.0. The highest BCUT2D eigenvalue weighted by molar-refractivity contribution is 5.44. The minimum Gasteiger partial charge on any atom is -0.354 e. The molecule has 4 nitrogen and oxygen atoms in total. The Morgan fingerprint density at radius 1 is 1.06 bits per heavy atom. The summed E-state index contributed by atoms with van der Waals surface area (Å²) in [6.45, 7) is 4.84. The summed E-state index contributed by atoms with van der Waals surface area (Å²) in [6.07, 6.45) is 3.57. The fourth-order valence-electron chi connectivity index (χ4n) is 3.89. The van der Waals surface area contributed by atoms with Gasteiger partial charge in [0.15, 0.2) is 5.82 Å². The molecule has 96 valence electrons. The van der Waals surface area contributed by atoms with Crippen molar-refractivity contribution in [2.75, 3.05) is 38.1 Å². The average Bonchev–Trinajstić information content (AvgIpc) is 3.00. The Kier molecular flexibility index (Phi) is 2.34. The maximum Gasteiger partial charge on any atom is 0.151 e. The van der Waals surface area contributed by atoms with Gasteiger partial charge in [-0.25, -0.2) is 0 Å². The molecule has 2 saturated heterocycles. The summed E-state index contributed by atoms with van der Waals surface area (Å²) in [5.74, 6) is 2.79. The van der Waals surface area contributed by atoms with Gasteiger partial charge in [-0.2, -0.15) is 5.10 Å².